The molecule has 1 aliphatic rings. The summed E-state index contributed by atoms with van der Waals surface area (Å²) in [5.41, 5.74) is 0.717. The van der Waals surface area contributed by atoms with Crippen LogP contribution in [-0.4, -0.2) is 70.6 Å². The molecule has 0 aliphatic carbocycles. The number of benzene rings is 1. The summed E-state index contributed by atoms with van der Waals surface area (Å²) in [6.07, 6.45) is 0.942. The Morgan fingerprint density at radius 3 is 2.11 bits per heavy atom. The predicted molar refractivity (Wildman–Crippen MR) is 126 cm³/mol. The van der Waals surface area contributed by atoms with Gasteiger partial charge in [-0.2, -0.15) is 0 Å². The first-order valence-corrected chi connectivity index (χ1v) is 11.7. The Morgan fingerprint density at radius 2 is 1.57 bits per heavy atom. The molecule has 11 nitrogen and oxygen atoms in total. The van der Waals surface area contributed by atoms with Crippen LogP contribution in [0.4, 0.5) is 0 Å². The van der Waals surface area contributed by atoms with Gasteiger partial charge >= 0.3 is 11.9 Å². The maximum atomic E-state index is 13.0. The molecule has 4 atom stereocenters. The van der Waals surface area contributed by atoms with E-state index in [1.165, 1.54) is 0 Å². The Labute approximate surface area is 204 Å². The molecule has 1 saturated heterocycles. The lowest BCUT2D eigenvalue weighted by Crippen LogP contribution is -2.57. The lowest BCUT2D eigenvalue weighted by atomic mass is 10.0. The Kier molecular flexibility index (Phi) is 10.7. The number of hydrogen-bond acceptors (Lipinski definition) is 6. The number of carboxylic acid groups (broad SMARTS) is 2. The first-order chi connectivity index (χ1) is 16.6. The lowest BCUT2D eigenvalue weighted by Gasteiger charge is -2.25. The highest BCUT2D eigenvalue weighted by atomic mass is 16.4. The molecule has 0 unspecified atom stereocenters. The molecule has 0 bridgehead atoms. The van der Waals surface area contributed by atoms with Crippen LogP contribution in [0.3, 0.4) is 0 Å². The number of amides is 3. The van der Waals surface area contributed by atoms with E-state index in [0.29, 0.717) is 13.0 Å². The van der Waals surface area contributed by atoms with Gasteiger partial charge in [-0.15, -0.1) is 0 Å². The zero-order valence-corrected chi connectivity index (χ0v) is 20.0. The van der Waals surface area contributed by atoms with E-state index in [1.807, 2.05) is 13.8 Å². The highest BCUT2D eigenvalue weighted by Crippen LogP contribution is 2.10. The summed E-state index contributed by atoms with van der Waals surface area (Å²) in [7, 11) is 0. The Morgan fingerprint density at radius 1 is 0.943 bits per heavy atom. The minimum absolute atomic E-state index is 0.0429. The quantitative estimate of drug-likeness (QED) is 0.225. The topological polar surface area (TPSA) is 174 Å². The average Bonchev–Trinajstić information content (AvgIpc) is 3.33. The fraction of sp³-hybridized carbons (Fsp3) is 0.542. The number of carbonyl (C=O) groups excluding carboxylic acids is 3. The van der Waals surface area contributed by atoms with E-state index in [9.17, 15) is 34.2 Å². The van der Waals surface area contributed by atoms with Gasteiger partial charge in [-0.25, -0.2) is 4.79 Å². The van der Waals surface area contributed by atoms with Gasteiger partial charge in [-0.3, -0.25) is 19.2 Å². The van der Waals surface area contributed by atoms with Crippen LogP contribution < -0.4 is 21.3 Å². The summed E-state index contributed by atoms with van der Waals surface area (Å²) in [5, 5.41) is 29.3. The normalized spacial score (nSPS) is 17.7. The number of nitrogens with one attached hydrogen (secondary N) is 4. The van der Waals surface area contributed by atoms with Crippen molar-refractivity contribution >= 4 is 29.7 Å². The van der Waals surface area contributed by atoms with Gasteiger partial charge < -0.3 is 31.5 Å². The van der Waals surface area contributed by atoms with Crippen LogP contribution in [0.2, 0.25) is 0 Å². The van der Waals surface area contributed by atoms with Crippen molar-refractivity contribution < 1.29 is 34.2 Å². The Balaban J connectivity index is 2.11. The zero-order chi connectivity index (χ0) is 26.0. The second-order valence-electron chi connectivity index (χ2n) is 9.09. The van der Waals surface area contributed by atoms with Crippen LogP contribution in [-0.2, 0) is 30.4 Å². The van der Waals surface area contributed by atoms with E-state index < -0.39 is 60.2 Å². The highest BCUT2D eigenvalue weighted by Gasteiger charge is 2.32. The molecule has 0 saturated carbocycles. The van der Waals surface area contributed by atoms with Gasteiger partial charge in [0.2, 0.25) is 17.7 Å². The fourth-order valence-electron chi connectivity index (χ4n) is 3.86. The van der Waals surface area contributed by atoms with E-state index >= 15 is 0 Å². The average molecular weight is 491 g/mol. The number of rotatable bonds is 13. The van der Waals surface area contributed by atoms with Crippen molar-refractivity contribution in [2.24, 2.45) is 5.92 Å². The van der Waals surface area contributed by atoms with E-state index in [0.717, 1.165) is 12.0 Å². The smallest absolute Gasteiger partial charge is 0.326 e. The molecular formula is C24H34N4O7. The Hall–Kier alpha value is -3.47. The summed E-state index contributed by atoms with van der Waals surface area (Å²) in [6, 6.07) is 4.57. The second-order valence-corrected chi connectivity index (χ2v) is 9.09. The van der Waals surface area contributed by atoms with E-state index in [1.54, 1.807) is 30.3 Å². The van der Waals surface area contributed by atoms with Crippen molar-refractivity contribution in [3.05, 3.63) is 35.9 Å². The molecule has 1 heterocycles. The Bertz CT molecular complexity index is 900. The number of carboxylic acids is 2. The molecule has 3 amide bonds. The molecule has 0 aromatic heterocycles. The third-order valence-corrected chi connectivity index (χ3v) is 5.63. The van der Waals surface area contributed by atoms with Crippen molar-refractivity contribution in [2.75, 3.05) is 6.54 Å². The molecule has 35 heavy (non-hydrogen) atoms. The summed E-state index contributed by atoms with van der Waals surface area (Å²) in [4.78, 5) is 61.4. The molecule has 1 aromatic carbocycles. The van der Waals surface area contributed by atoms with Crippen molar-refractivity contribution in [1.29, 1.82) is 0 Å². The number of carbonyl (C=O) groups is 5. The van der Waals surface area contributed by atoms with Crippen molar-refractivity contribution in [1.82, 2.24) is 21.3 Å². The van der Waals surface area contributed by atoms with Crippen molar-refractivity contribution in [3.8, 4) is 0 Å². The van der Waals surface area contributed by atoms with Gasteiger partial charge in [-0.05, 0) is 37.3 Å². The minimum Gasteiger partial charge on any atom is -0.481 e. The molecule has 1 fully saturated rings. The zero-order valence-electron chi connectivity index (χ0n) is 20.0. The molecule has 1 aliphatic heterocycles. The van der Waals surface area contributed by atoms with Crippen molar-refractivity contribution in [3.63, 3.8) is 0 Å². The third kappa shape index (κ3) is 9.36. The van der Waals surface area contributed by atoms with Crippen molar-refractivity contribution in [2.45, 2.75) is 70.1 Å². The van der Waals surface area contributed by atoms with Crippen LogP contribution in [0.25, 0.3) is 0 Å². The summed E-state index contributed by atoms with van der Waals surface area (Å²) >= 11 is 0. The molecule has 11 heteroatoms. The van der Waals surface area contributed by atoms with Crippen LogP contribution in [0.5, 0.6) is 0 Å². The maximum absolute atomic E-state index is 13.0. The second kappa shape index (κ2) is 13.4. The SMILES string of the molecule is CC(C)C[C@H](NC(=O)[C@H](CC(=O)O)NC(=O)[C@@H]1CCCN1)C(=O)N[C@@H](Cc1ccccc1)C(=O)O. The van der Waals surface area contributed by atoms with Crippen LogP contribution in [0.15, 0.2) is 30.3 Å². The summed E-state index contributed by atoms with van der Waals surface area (Å²) in [6.45, 7) is 4.30. The summed E-state index contributed by atoms with van der Waals surface area (Å²) in [5.74, 6) is -4.57. The minimum atomic E-state index is -1.38. The van der Waals surface area contributed by atoms with Gasteiger partial charge in [-0.1, -0.05) is 44.2 Å². The molecule has 0 radical (unpaired) electrons. The number of hydrogen-bond donors (Lipinski definition) is 6. The summed E-state index contributed by atoms with van der Waals surface area (Å²) < 4.78 is 0. The number of aliphatic carboxylic acids is 2. The lowest BCUT2D eigenvalue weighted by molar-refractivity contribution is -0.143. The molecular weight excluding hydrogens is 456 g/mol. The standard InChI is InChI=1S/C24H34N4O7/c1-14(2)11-17(22(32)28-19(24(34)35)12-15-7-4-3-5-8-15)26-23(33)18(13-20(29)30)27-21(31)16-9-6-10-25-16/h3-5,7-8,14,16-19,25H,6,9-13H2,1-2H3,(H,26,33)(H,27,31)(H,28,32)(H,29,30)(H,34,35)/t16-,17-,18-,19-/m0/s1. The van der Waals surface area contributed by atoms with E-state index in [-0.39, 0.29) is 18.8 Å². The third-order valence-electron chi connectivity index (χ3n) is 5.63. The first-order valence-electron chi connectivity index (χ1n) is 11.7. The van der Waals surface area contributed by atoms with Gasteiger partial charge in [0.05, 0.1) is 12.5 Å². The monoisotopic (exact) mass is 490 g/mol. The highest BCUT2D eigenvalue weighted by molar-refractivity contribution is 5.95. The molecule has 1 aromatic rings. The van der Waals surface area contributed by atoms with Crippen LogP contribution >= 0.6 is 0 Å². The van der Waals surface area contributed by atoms with Gasteiger partial charge in [0.1, 0.15) is 18.1 Å². The van der Waals surface area contributed by atoms with E-state index in [4.69, 9.17) is 0 Å². The predicted octanol–water partition coefficient (Wildman–Crippen LogP) is 0.0409. The first kappa shape index (κ1) is 27.8. The van der Waals surface area contributed by atoms with Gasteiger partial charge in [0.25, 0.3) is 0 Å². The maximum Gasteiger partial charge on any atom is 0.326 e. The van der Waals surface area contributed by atoms with Crippen LogP contribution in [0.1, 0.15) is 45.1 Å². The largest absolute Gasteiger partial charge is 0.481 e. The van der Waals surface area contributed by atoms with Gasteiger partial charge in [0.15, 0.2) is 0 Å². The molecule has 192 valence electrons. The van der Waals surface area contributed by atoms with E-state index in [2.05, 4.69) is 21.3 Å². The molecule has 0 spiro atoms. The fourth-order valence-corrected chi connectivity index (χ4v) is 3.86. The molecule has 2 rings (SSSR count). The van der Waals surface area contributed by atoms with Crippen LogP contribution in [0, 0.1) is 5.92 Å². The van der Waals surface area contributed by atoms with Gasteiger partial charge in [0, 0.05) is 6.42 Å². The molecule has 6 N–H and O–H groups in total.